The predicted octanol–water partition coefficient (Wildman–Crippen LogP) is 2.17. The minimum atomic E-state index is -3.77. The fourth-order valence-corrected chi connectivity index (χ4v) is 4.35. The Balaban J connectivity index is 2.19. The van der Waals surface area contributed by atoms with Crippen molar-refractivity contribution in [3.8, 4) is 22.9 Å². The topological polar surface area (TPSA) is 143 Å². The molecule has 0 fully saturated rings. The van der Waals surface area contributed by atoms with Crippen molar-refractivity contribution in [1.29, 1.82) is 5.26 Å². The Bertz CT molecular complexity index is 1160. The Hall–Kier alpha value is -3.42. The summed E-state index contributed by atoms with van der Waals surface area (Å²) < 4.78 is 31.6. The van der Waals surface area contributed by atoms with Crippen molar-refractivity contribution in [3.05, 3.63) is 54.1 Å². The number of nitrogens with one attached hydrogen (secondary N) is 1. The first-order valence-electron chi connectivity index (χ1n) is 10.7. The molecule has 0 aliphatic heterocycles. The number of hydrogen-bond acceptors (Lipinski definition) is 6. The van der Waals surface area contributed by atoms with Crippen LogP contribution in [0.4, 0.5) is 0 Å². The molecule has 0 heterocycles. The highest BCUT2D eigenvalue weighted by Crippen LogP contribution is 2.25. The van der Waals surface area contributed by atoms with Gasteiger partial charge < -0.3 is 15.8 Å². The SMILES string of the molecule is CC(C)Oc1cccc(-c2ccc(CN([C@@H](C)C(=O)N[C@H](C#N)CC(N)=O)S(C)(=O)=O)cc2)c1. The van der Waals surface area contributed by atoms with Crippen LogP contribution in [0.3, 0.4) is 0 Å². The summed E-state index contributed by atoms with van der Waals surface area (Å²) in [5.74, 6) is -0.690. The first kappa shape index (κ1) is 26.8. The quantitative estimate of drug-likeness (QED) is 0.498. The summed E-state index contributed by atoms with van der Waals surface area (Å²) in [5.41, 5.74) is 7.64. The molecule has 0 aliphatic rings. The van der Waals surface area contributed by atoms with Crippen molar-refractivity contribution < 1.29 is 22.7 Å². The molecule has 2 atom stereocenters. The molecule has 10 heteroatoms. The maximum Gasteiger partial charge on any atom is 0.239 e. The van der Waals surface area contributed by atoms with Crippen molar-refractivity contribution >= 4 is 21.8 Å². The van der Waals surface area contributed by atoms with Gasteiger partial charge in [-0.3, -0.25) is 9.59 Å². The van der Waals surface area contributed by atoms with Gasteiger partial charge in [0, 0.05) is 6.54 Å². The standard InChI is InChI=1S/C24H30N4O5S/c1-16(2)33-22-7-5-6-20(12-22)19-10-8-18(9-11-19)15-28(34(4,31)32)17(3)24(30)27-21(14-25)13-23(26)29/h5-12,16-17,21H,13,15H2,1-4H3,(H2,26,29)(H,27,30)/t17-,21-/m0/s1. The highest BCUT2D eigenvalue weighted by molar-refractivity contribution is 7.88. The third-order valence-electron chi connectivity index (χ3n) is 4.95. The molecule has 0 saturated heterocycles. The molecule has 9 nitrogen and oxygen atoms in total. The molecule has 2 amide bonds. The first-order chi connectivity index (χ1) is 15.9. The van der Waals surface area contributed by atoms with Crippen molar-refractivity contribution in [1.82, 2.24) is 9.62 Å². The van der Waals surface area contributed by atoms with E-state index in [9.17, 15) is 18.0 Å². The summed E-state index contributed by atoms with van der Waals surface area (Å²) in [6, 6.07) is 14.5. The summed E-state index contributed by atoms with van der Waals surface area (Å²) in [7, 11) is -3.77. The van der Waals surface area contributed by atoms with Gasteiger partial charge in [0.1, 0.15) is 17.8 Å². The van der Waals surface area contributed by atoms with Crippen LogP contribution in [0.2, 0.25) is 0 Å². The van der Waals surface area contributed by atoms with Gasteiger partial charge >= 0.3 is 0 Å². The van der Waals surface area contributed by atoms with Gasteiger partial charge in [-0.1, -0.05) is 36.4 Å². The van der Waals surface area contributed by atoms with E-state index in [-0.39, 0.29) is 19.1 Å². The van der Waals surface area contributed by atoms with Crippen LogP contribution in [0.15, 0.2) is 48.5 Å². The Morgan fingerprint density at radius 1 is 1.12 bits per heavy atom. The number of ether oxygens (including phenoxy) is 1. The van der Waals surface area contributed by atoms with Gasteiger partial charge in [0.25, 0.3) is 0 Å². The Labute approximate surface area is 200 Å². The molecule has 2 rings (SSSR count). The number of sulfonamides is 1. The first-order valence-corrected chi connectivity index (χ1v) is 12.6. The largest absolute Gasteiger partial charge is 0.491 e. The second-order valence-electron chi connectivity index (χ2n) is 8.24. The fourth-order valence-electron chi connectivity index (χ4n) is 3.30. The van der Waals surface area contributed by atoms with Crippen molar-refractivity contribution in [2.24, 2.45) is 5.73 Å². The van der Waals surface area contributed by atoms with Gasteiger partial charge in [0.15, 0.2) is 0 Å². The minimum Gasteiger partial charge on any atom is -0.491 e. The van der Waals surface area contributed by atoms with E-state index in [0.717, 1.165) is 27.4 Å². The van der Waals surface area contributed by atoms with Crippen LogP contribution in [-0.2, 0) is 26.2 Å². The molecule has 0 aromatic heterocycles. The number of carbonyl (C=O) groups is 2. The number of rotatable bonds is 11. The zero-order chi connectivity index (χ0) is 25.5. The smallest absolute Gasteiger partial charge is 0.239 e. The molecule has 0 saturated carbocycles. The second-order valence-corrected chi connectivity index (χ2v) is 10.2. The van der Waals surface area contributed by atoms with Crippen molar-refractivity contribution in [3.63, 3.8) is 0 Å². The highest BCUT2D eigenvalue weighted by atomic mass is 32.2. The monoisotopic (exact) mass is 486 g/mol. The Morgan fingerprint density at radius 3 is 2.29 bits per heavy atom. The molecule has 0 bridgehead atoms. The van der Waals surface area contributed by atoms with E-state index in [1.54, 1.807) is 18.2 Å². The van der Waals surface area contributed by atoms with Crippen LogP contribution in [0.1, 0.15) is 32.8 Å². The molecule has 0 radical (unpaired) electrons. The average Bonchev–Trinajstić information content (AvgIpc) is 2.75. The molecular formula is C24H30N4O5S. The van der Waals surface area contributed by atoms with E-state index in [0.29, 0.717) is 5.56 Å². The molecule has 34 heavy (non-hydrogen) atoms. The average molecular weight is 487 g/mol. The summed E-state index contributed by atoms with van der Waals surface area (Å²) in [5, 5.41) is 11.5. The Kier molecular flexibility index (Phi) is 9.18. The molecule has 0 unspecified atom stereocenters. The third-order valence-corrected chi connectivity index (χ3v) is 6.24. The normalized spacial score (nSPS) is 13.2. The Morgan fingerprint density at radius 2 is 1.76 bits per heavy atom. The van der Waals surface area contributed by atoms with Gasteiger partial charge in [0.2, 0.25) is 21.8 Å². The lowest BCUT2D eigenvalue weighted by molar-refractivity contribution is -0.125. The van der Waals surface area contributed by atoms with Crippen LogP contribution >= 0.6 is 0 Å². The minimum absolute atomic E-state index is 0.0444. The van der Waals surface area contributed by atoms with E-state index >= 15 is 0 Å². The van der Waals surface area contributed by atoms with E-state index in [4.69, 9.17) is 15.7 Å². The molecule has 0 aliphatic carbocycles. The van der Waals surface area contributed by atoms with Crippen LogP contribution in [0.5, 0.6) is 5.75 Å². The van der Waals surface area contributed by atoms with Gasteiger partial charge in [-0.05, 0) is 49.6 Å². The number of nitrogens with zero attached hydrogens (tertiary/aromatic N) is 2. The molecule has 0 spiro atoms. The highest BCUT2D eigenvalue weighted by Gasteiger charge is 2.30. The van der Waals surface area contributed by atoms with Crippen molar-refractivity contribution in [2.45, 2.75) is 51.9 Å². The zero-order valence-corrected chi connectivity index (χ0v) is 20.5. The summed E-state index contributed by atoms with van der Waals surface area (Å²) >= 11 is 0. The van der Waals surface area contributed by atoms with Gasteiger partial charge in [0.05, 0.1) is 24.8 Å². The molecule has 182 valence electrons. The maximum absolute atomic E-state index is 12.6. The summed E-state index contributed by atoms with van der Waals surface area (Å²) in [6.45, 7) is 5.28. The number of primary amides is 1. The van der Waals surface area contributed by atoms with E-state index < -0.39 is 33.9 Å². The lowest BCUT2D eigenvalue weighted by Crippen LogP contribution is -2.50. The summed E-state index contributed by atoms with van der Waals surface area (Å²) in [4.78, 5) is 23.6. The maximum atomic E-state index is 12.6. The number of nitrogens with two attached hydrogens (primary N) is 1. The molecule has 2 aromatic carbocycles. The zero-order valence-electron chi connectivity index (χ0n) is 19.7. The van der Waals surface area contributed by atoms with E-state index in [2.05, 4.69) is 5.32 Å². The second kappa shape index (κ2) is 11.6. The van der Waals surface area contributed by atoms with Crippen LogP contribution < -0.4 is 15.8 Å². The van der Waals surface area contributed by atoms with Crippen LogP contribution in [0.25, 0.3) is 11.1 Å². The van der Waals surface area contributed by atoms with Gasteiger partial charge in [-0.25, -0.2) is 8.42 Å². The predicted molar refractivity (Wildman–Crippen MR) is 129 cm³/mol. The number of hydrogen-bond donors (Lipinski definition) is 2. The molecule has 3 N–H and O–H groups in total. The number of benzene rings is 2. The number of carbonyl (C=O) groups excluding carboxylic acids is 2. The fraction of sp³-hybridized carbons (Fsp3) is 0.375. The lowest BCUT2D eigenvalue weighted by atomic mass is 10.0. The third kappa shape index (κ3) is 7.86. The number of amides is 2. The van der Waals surface area contributed by atoms with Gasteiger partial charge in [-0.2, -0.15) is 9.57 Å². The summed E-state index contributed by atoms with van der Waals surface area (Å²) in [6.07, 6.45) is 0.702. The van der Waals surface area contributed by atoms with Gasteiger partial charge in [-0.15, -0.1) is 0 Å². The lowest BCUT2D eigenvalue weighted by Gasteiger charge is -2.27. The van der Waals surface area contributed by atoms with E-state index in [1.165, 1.54) is 6.92 Å². The number of nitriles is 1. The van der Waals surface area contributed by atoms with Crippen LogP contribution in [0, 0.1) is 11.3 Å². The van der Waals surface area contributed by atoms with Crippen molar-refractivity contribution in [2.75, 3.05) is 6.26 Å². The van der Waals surface area contributed by atoms with Crippen LogP contribution in [-0.4, -0.2) is 49.0 Å². The molecular weight excluding hydrogens is 456 g/mol. The molecule has 2 aromatic rings. The van der Waals surface area contributed by atoms with E-state index in [1.807, 2.05) is 50.2 Å².